The van der Waals surface area contributed by atoms with Crippen molar-refractivity contribution in [1.82, 2.24) is 10.4 Å². The van der Waals surface area contributed by atoms with E-state index < -0.39 is 0 Å². The summed E-state index contributed by atoms with van der Waals surface area (Å²) in [4.78, 5) is 8.81. The maximum atomic E-state index is 8.81. The third-order valence-corrected chi connectivity index (χ3v) is 7.15. The fourth-order valence-corrected chi connectivity index (χ4v) is 5.22. The van der Waals surface area contributed by atoms with Crippen molar-refractivity contribution in [2.45, 2.75) is 127 Å². The molecule has 0 fully saturated rings. The maximum absolute atomic E-state index is 8.81. The highest BCUT2D eigenvalue weighted by Crippen LogP contribution is 2.33. The van der Waals surface area contributed by atoms with E-state index in [2.05, 4.69) is 90.8 Å². The molecule has 1 aliphatic rings. The van der Waals surface area contributed by atoms with Gasteiger partial charge < -0.3 is 15.8 Å². The number of benzene rings is 1. The molecule has 39 heavy (non-hydrogen) atoms. The molecule has 0 spiro atoms. The van der Waals surface area contributed by atoms with Gasteiger partial charge in [-0.2, -0.15) is 0 Å². The lowest BCUT2D eigenvalue weighted by molar-refractivity contribution is -0.106. The van der Waals surface area contributed by atoms with Crippen LogP contribution in [0.4, 0.5) is 0 Å². The molecule has 1 aliphatic carbocycles. The summed E-state index contributed by atoms with van der Waals surface area (Å²) in [6.45, 7) is 31.6. The highest BCUT2D eigenvalue weighted by Gasteiger charge is 2.20. The van der Waals surface area contributed by atoms with Crippen LogP contribution in [0.3, 0.4) is 0 Å². The van der Waals surface area contributed by atoms with Gasteiger partial charge in [0.25, 0.3) is 0 Å². The van der Waals surface area contributed by atoms with Gasteiger partial charge in [0.15, 0.2) is 0 Å². The predicted octanol–water partition coefficient (Wildman–Crippen LogP) is 8.44. The van der Waals surface area contributed by atoms with Crippen LogP contribution in [0.5, 0.6) is 0 Å². The number of nitrogens with two attached hydrogens (primary N) is 1. The Balaban J connectivity index is -0.000000442. The summed E-state index contributed by atoms with van der Waals surface area (Å²) in [6, 6.07) is 0.598. The zero-order chi connectivity index (χ0) is 31.2. The van der Waals surface area contributed by atoms with Gasteiger partial charge >= 0.3 is 0 Å². The minimum atomic E-state index is 0.598. The number of carbonyl (C=O) groups is 1. The van der Waals surface area contributed by atoms with Gasteiger partial charge in [0.05, 0.1) is 0 Å². The van der Waals surface area contributed by atoms with Crippen molar-refractivity contribution in [3.8, 4) is 0 Å². The third-order valence-electron chi connectivity index (χ3n) is 5.87. The maximum Gasteiger partial charge on any atom is 0.116 e. The minimum Gasteiger partial charge on any atom is -0.333 e. The van der Waals surface area contributed by atoms with E-state index in [1.807, 2.05) is 13.8 Å². The Bertz CT molecular complexity index is 730. The van der Waals surface area contributed by atoms with Gasteiger partial charge in [-0.15, -0.1) is 13.2 Å². The summed E-state index contributed by atoms with van der Waals surface area (Å²) in [5.74, 6) is 0. The van der Waals surface area contributed by atoms with Crippen LogP contribution in [0.1, 0.15) is 115 Å². The van der Waals surface area contributed by atoms with Gasteiger partial charge in [0, 0.05) is 19.1 Å². The van der Waals surface area contributed by atoms with Crippen molar-refractivity contribution >= 4 is 15.0 Å². The van der Waals surface area contributed by atoms with Crippen LogP contribution < -0.4 is 16.1 Å². The zero-order valence-electron chi connectivity index (χ0n) is 28.2. The second-order valence-corrected chi connectivity index (χ2v) is 10.5. The smallest absolute Gasteiger partial charge is 0.116 e. The fraction of sp³-hybridized carbons (Fsp3) is 0.676. The summed E-state index contributed by atoms with van der Waals surface area (Å²) in [5.41, 5.74) is 15.7. The van der Waals surface area contributed by atoms with Crippen molar-refractivity contribution in [2.75, 3.05) is 26.3 Å². The van der Waals surface area contributed by atoms with Crippen LogP contribution in [0, 0.1) is 13.8 Å². The number of aldehydes is 1. The second-order valence-electron chi connectivity index (χ2n) is 9.32. The highest BCUT2D eigenvalue weighted by atomic mass is 31.1. The third kappa shape index (κ3) is 21.1. The fourth-order valence-electron chi connectivity index (χ4n) is 4.37. The number of hydrogen-bond acceptors (Lipinski definition) is 4. The van der Waals surface area contributed by atoms with Gasteiger partial charge in [-0.1, -0.05) is 61.4 Å². The van der Waals surface area contributed by atoms with E-state index >= 15 is 0 Å². The van der Waals surface area contributed by atoms with E-state index in [1.165, 1.54) is 57.8 Å². The van der Waals surface area contributed by atoms with Crippen LogP contribution in [0.25, 0.3) is 0 Å². The Hall–Kier alpha value is -1.32. The number of allylic oxidation sites excluding steroid dienone is 1. The molecule has 4 N–H and O–H groups in total. The largest absolute Gasteiger partial charge is 0.333 e. The first-order chi connectivity index (χ1) is 18.8. The Labute approximate surface area is 247 Å². The lowest BCUT2D eigenvalue weighted by Crippen LogP contribution is -2.21. The Kier molecular flexibility index (Phi) is 37.7. The summed E-state index contributed by atoms with van der Waals surface area (Å²) in [5, 5.41) is 7.10. The van der Waals surface area contributed by atoms with Crippen LogP contribution in [-0.2, 0) is 30.5 Å². The Morgan fingerprint density at radius 2 is 1.44 bits per heavy atom. The highest BCUT2D eigenvalue weighted by molar-refractivity contribution is 7.35. The van der Waals surface area contributed by atoms with Crippen molar-refractivity contribution in [1.29, 1.82) is 0 Å². The van der Waals surface area contributed by atoms with Crippen molar-refractivity contribution in [3.63, 3.8) is 0 Å². The van der Waals surface area contributed by atoms with Gasteiger partial charge in [-0.05, 0) is 127 Å². The molecular formula is C34H68N3OP. The predicted molar refractivity (Wildman–Crippen MR) is 184 cm³/mol. The molecule has 0 amide bonds. The first-order valence-electron chi connectivity index (χ1n) is 15.2. The van der Waals surface area contributed by atoms with Crippen LogP contribution >= 0.6 is 8.73 Å². The Morgan fingerprint density at radius 1 is 1.00 bits per heavy atom. The quantitative estimate of drug-likeness (QED) is 0.115. The molecule has 0 saturated carbocycles. The standard InChI is InChI=1S/C24H41N2P.C3H8.C2H4O.C2H6.C2H4.CH5N/c1-7-21-19(5)22-10-8-9-11-23(22)20(6)24(21)13-12-18(4)16-25-14-15-27-26-17(2)3;1-3-2;1-2-3;3*1-2/h12,17,25-27H,7-11,13-16H2,1-6H3;3H2,1-2H3;2H,1H3;1-2H3;1-2H2;2H2,1H3/b18-12+;;;;;. The minimum absolute atomic E-state index is 0.598. The van der Waals surface area contributed by atoms with Crippen molar-refractivity contribution < 1.29 is 4.79 Å². The van der Waals surface area contributed by atoms with E-state index in [1.54, 1.807) is 33.4 Å². The molecule has 230 valence electrons. The molecule has 0 saturated heterocycles. The molecular weight excluding hydrogens is 497 g/mol. The molecule has 0 bridgehead atoms. The molecule has 0 aliphatic heterocycles. The van der Waals surface area contributed by atoms with E-state index in [-0.39, 0.29) is 0 Å². The van der Waals surface area contributed by atoms with Crippen LogP contribution in [0.15, 0.2) is 24.8 Å². The van der Waals surface area contributed by atoms with E-state index in [0.717, 1.165) is 40.9 Å². The molecule has 1 aromatic rings. The summed E-state index contributed by atoms with van der Waals surface area (Å²) in [6.07, 6.45) is 13.2. The van der Waals surface area contributed by atoms with Gasteiger partial charge in [0.1, 0.15) is 6.29 Å². The second kappa shape index (κ2) is 32.9. The average Bonchev–Trinajstić information content (AvgIpc) is 2.95. The number of hydrogen-bond donors (Lipinski definition) is 3. The summed E-state index contributed by atoms with van der Waals surface area (Å²) < 4.78 is 0. The monoisotopic (exact) mass is 566 g/mol. The molecule has 4 nitrogen and oxygen atoms in total. The van der Waals surface area contributed by atoms with Crippen LogP contribution in [-0.4, -0.2) is 38.6 Å². The van der Waals surface area contributed by atoms with E-state index in [9.17, 15) is 0 Å². The number of rotatable bonds is 10. The zero-order valence-corrected chi connectivity index (χ0v) is 29.2. The Morgan fingerprint density at radius 3 is 1.85 bits per heavy atom. The number of carbonyl (C=O) groups excluding carboxylic acids is 1. The van der Waals surface area contributed by atoms with E-state index in [0.29, 0.717) is 6.04 Å². The molecule has 1 aromatic carbocycles. The molecule has 1 unspecified atom stereocenters. The van der Waals surface area contributed by atoms with E-state index in [4.69, 9.17) is 4.79 Å². The number of fused-ring (bicyclic) bond motifs is 1. The SMILES string of the molecule is C=C.CC.CC=O.CCC.CCc1c(C)c2c(c(C)c1C/C=C(\C)CNCCPNC(C)C)CCCC2.CN. The molecule has 0 aromatic heterocycles. The lowest BCUT2D eigenvalue weighted by Gasteiger charge is -2.26. The van der Waals surface area contributed by atoms with Crippen molar-refractivity contribution in [3.05, 3.63) is 58.2 Å². The van der Waals surface area contributed by atoms with Gasteiger partial charge in [0.2, 0.25) is 0 Å². The van der Waals surface area contributed by atoms with Crippen molar-refractivity contribution in [2.24, 2.45) is 5.73 Å². The summed E-state index contributed by atoms with van der Waals surface area (Å²) >= 11 is 0. The summed E-state index contributed by atoms with van der Waals surface area (Å²) in [7, 11) is 2.36. The molecule has 0 heterocycles. The van der Waals surface area contributed by atoms with Gasteiger partial charge in [-0.3, -0.25) is 5.09 Å². The normalized spacial score (nSPS) is 11.7. The topological polar surface area (TPSA) is 67.2 Å². The molecule has 1 atom stereocenters. The molecule has 2 rings (SSSR count). The molecule has 5 heteroatoms. The van der Waals surface area contributed by atoms with Gasteiger partial charge in [-0.25, -0.2) is 0 Å². The first kappa shape index (κ1) is 44.7. The number of nitrogens with one attached hydrogen (secondary N) is 2. The lowest BCUT2D eigenvalue weighted by atomic mass is 9.79. The molecule has 0 radical (unpaired) electrons. The first-order valence-corrected chi connectivity index (χ1v) is 16.4. The van der Waals surface area contributed by atoms with Crippen LogP contribution in [0.2, 0.25) is 0 Å². The average molecular weight is 566 g/mol.